The van der Waals surface area contributed by atoms with Gasteiger partial charge in [-0.1, -0.05) is 6.07 Å². The number of nitrogens with zero attached hydrogens (tertiary/aromatic N) is 2. The number of carbonyl (C=O) groups excluding carboxylic acids is 3. The van der Waals surface area contributed by atoms with Crippen molar-refractivity contribution in [1.82, 2.24) is 9.80 Å². The summed E-state index contributed by atoms with van der Waals surface area (Å²) in [5.74, 6) is 0.829. The highest BCUT2D eigenvalue weighted by atomic mass is 16.5. The summed E-state index contributed by atoms with van der Waals surface area (Å²) in [6.07, 6.45) is 4.72. The summed E-state index contributed by atoms with van der Waals surface area (Å²) >= 11 is 0. The maximum absolute atomic E-state index is 13.5. The molecular formula is C30H38N2O8. The highest BCUT2D eigenvalue weighted by Crippen LogP contribution is 2.39. The summed E-state index contributed by atoms with van der Waals surface area (Å²) in [6.45, 7) is 1.04. The minimum absolute atomic E-state index is 0.0897. The van der Waals surface area contributed by atoms with Gasteiger partial charge in [0.1, 0.15) is 6.04 Å². The van der Waals surface area contributed by atoms with Gasteiger partial charge in [-0.2, -0.15) is 0 Å². The Morgan fingerprint density at radius 3 is 2.12 bits per heavy atom. The van der Waals surface area contributed by atoms with E-state index in [0.717, 1.165) is 37.7 Å². The fourth-order valence-electron chi connectivity index (χ4n) is 5.69. The normalized spacial score (nSPS) is 18.3. The van der Waals surface area contributed by atoms with Gasteiger partial charge in [-0.05, 0) is 68.4 Å². The van der Waals surface area contributed by atoms with Crippen molar-refractivity contribution in [3.05, 3.63) is 41.5 Å². The number of Topliss-reactive ketones (excluding diaryl/α,β-unsaturated/α-hetero) is 1. The zero-order chi connectivity index (χ0) is 28.8. The number of ether oxygens (including phenoxy) is 5. The molecule has 2 aromatic carbocycles. The van der Waals surface area contributed by atoms with E-state index in [0.29, 0.717) is 36.8 Å². The summed E-state index contributed by atoms with van der Waals surface area (Å²) in [4.78, 5) is 43.7. The summed E-state index contributed by atoms with van der Waals surface area (Å²) in [5, 5.41) is 0. The van der Waals surface area contributed by atoms with Gasteiger partial charge in [0.2, 0.25) is 11.7 Å². The van der Waals surface area contributed by atoms with Gasteiger partial charge in [0.15, 0.2) is 23.0 Å². The van der Waals surface area contributed by atoms with E-state index in [2.05, 4.69) is 0 Å². The van der Waals surface area contributed by atoms with Crippen LogP contribution in [0.15, 0.2) is 30.3 Å². The number of hydrogen-bond acceptors (Lipinski definition) is 8. The molecule has 2 saturated heterocycles. The van der Waals surface area contributed by atoms with E-state index in [4.69, 9.17) is 23.7 Å². The molecule has 0 aliphatic carbocycles. The van der Waals surface area contributed by atoms with E-state index >= 15 is 0 Å². The monoisotopic (exact) mass is 554 g/mol. The molecule has 2 aliphatic rings. The van der Waals surface area contributed by atoms with E-state index in [1.807, 2.05) is 23.1 Å². The van der Waals surface area contributed by atoms with Crippen LogP contribution in [0.5, 0.6) is 28.7 Å². The molecule has 10 nitrogen and oxygen atoms in total. The number of hydrogen-bond donors (Lipinski definition) is 0. The van der Waals surface area contributed by atoms with Crippen molar-refractivity contribution in [2.24, 2.45) is 0 Å². The lowest BCUT2D eigenvalue weighted by Crippen LogP contribution is -2.66. The number of carbonyl (C=O) groups is 3. The number of piperidine rings is 1. The predicted octanol–water partition coefficient (Wildman–Crippen LogP) is 3.53. The van der Waals surface area contributed by atoms with Crippen molar-refractivity contribution >= 4 is 17.6 Å². The molecule has 0 spiro atoms. The Balaban J connectivity index is 1.40. The van der Waals surface area contributed by atoms with Crippen molar-refractivity contribution < 1.29 is 38.1 Å². The SMILES string of the molecule is COc1ccc(CCCCN2CC3CCCC(C2=O)N3C(=O)C(=O)c2cc(OC)c(OC)c(OC)c2)cc1OC. The van der Waals surface area contributed by atoms with E-state index in [9.17, 15) is 14.4 Å². The third kappa shape index (κ3) is 5.80. The second kappa shape index (κ2) is 12.9. The van der Waals surface area contributed by atoms with Crippen LogP contribution < -0.4 is 23.7 Å². The first-order chi connectivity index (χ1) is 19.4. The molecule has 2 heterocycles. The zero-order valence-corrected chi connectivity index (χ0v) is 23.9. The number of fused-ring (bicyclic) bond motifs is 2. The lowest BCUT2D eigenvalue weighted by molar-refractivity contribution is -0.157. The molecule has 2 fully saturated rings. The smallest absolute Gasteiger partial charge is 0.295 e. The molecular weight excluding hydrogens is 516 g/mol. The second-order valence-electron chi connectivity index (χ2n) is 9.99. The van der Waals surface area contributed by atoms with Crippen molar-refractivity contribution in [1.29, 1.82) is 0 Å². The Hall–Kier alpha value is -3.95. The van der Waals surface area contributed by atoms with Gasteiger partial charge in [0, 0.05) is 18.7 Å². The van der Waals surface area contributed by atoms with Gasteiger partial charge in [-0.15, -0.1) is 0 Å². The Labute approximate surface area is 235 Å². The van der Waals surface area contributed by atoms with Crippen LogP contribution in [0.1, 0.15) is 48.0 Å². The summed E-state index contributed by atoms with van der Waals surface area (Å²) in [5.41, 5.74) is 1.27. The highest BCUT2D eigenvalue weighted by molar-refractivity contribution is 6.43. The minimum atomic E-state index is -0.702. The number of likely N-dealkylation sites (tertiary alicyclic amines) is 1. The Morgan fingerprint density at radius 1 is 0.825 bits per heavy atom. The number of rotatable bonds is 12. The average molecular weight is 555 g/mol. The summed E-state index contributed by atoms with van der Waals surface area (Å²) in [7, 11) is 7.59. The van der Waals surface area contributed by atoms with Gasteiger partial charge in [-0.25, -0.2) is 0 Å². The van der Waals surface area contributed by atoms with Crippen molar-refractivity contribution in [3.8, 4) is 28.7 Å². The molecule has 0 radical (unpaired) electrons. The predicted molar refractivity (Wildman–Crippen MR) is 148 cm³/mol. The lowest BCUT2D eigenvalue weighted by Gasteiger charge is -2.49. The first-order valence-corrected chi connectivity index (χ1v) is 13.5. The molecule has 2 atom stereocenters. The number of unbranched alkanes of at least 4 members (excludes halogenated alkanes) is 1. The zero-order valence-electron chi connectivity index (χ0n) is 23.9. The molecule has 2 aromatic rings. The Morgan fingerprint density at radius 2 is 1.50 bits per heavy atom. The quantitative estimate of drug-likeness (QED) is 0.223. The van der Waals surface area contributed by atoms with Crippen LogP contribution in [0, 0.1) is 0 Å². The van der Waals surface area contributed by atoms with Crippen molar-refractivity contribution in [3.63, 3.8) is 0 Å². The number of aryl methyl sites for hydroxylation is 1. The average Bonchev–Trinajstić information content (AvgIpc) is 2.99. The van der Waals surface area contributed by atoms with E-state index in [-0.39, 0.29) is 29.0 Å². The first kappa shape index (κ1) is 29.0. The standard InChI is InChI=1S/C30H38N2O8/c1-36-23-13-12-19(15-24(23)37-2)9-6-7-14-31-18-21-10-8-11-22(29(31)34)32(21)30(35)27(33)20-16-25(38-3)28(40-5)26(17-20)39-4/h12-13,15-17,21-22H,6-11,14,18H2,1-5H3. The number of benzene rings is 2. The molecule has 2 unspecified atom stereocenters. The fourth-order valence-corrected chi connectivity index (χ4v) is 5.69. The highest BCUT2D eigenvalue weighted by Gasteiger charge is 2.46. The summed E-state index contributed by atoms with van der Waals surface area (Å²) in [6, 6.07) is 8.00. The van der Waals surface area contributed by atoms with Crippen LogP contribution >= 0.6 is 0 Å². The topological polar surface area (TPSA) is 104 Å². The van der Waals surface area contributed by atoms with Crippen molar-refractivity contribution in [2.45, 2.75) is 50.6 Å². The largest absolute Gasteiger partial charge is 0.493 e. The second-order valence-corrected chi connectivity index (χ2v) is 9.99. The molecule has 4 rings (SSSR count). The van der Waals surface area contributed by atoms with Crippen LogP contribution in [-0.4, -0.2) is 88.1 Å². The molecule has 0 aromatic heterocycles. The number of ketones is 1. The molecule has 216 valence electrons. The van der Waals surface area contributed by atoms with Crippen LogP contribution in [0.2, 0.25) is 0 Å². The van der Waals surface area contributed by atoms with Crippen LogP contribution in [0.4, 0.5) is 0 Å². The van der Waals surface area contributed by atoms with Crippen molar-refractivity contribution in [2.75, 3.05) is 48.6 Å². The van der Waals surface area contributed by atoms with Gasteiger partial charge in [0.25, 0.3) is 11.7 Å². The van der Waals surface area contributed by atoms with Gasteiger partial charge >= 0.3 is 0 Å². The molecule has 2 aliphatic heterocycles. The molecule has 0 saturated carbocycles. The third-order valence-electron chi connectivity index (χ3n) is 7.72. The molecule has 2 amide bonds. The maximum Gasteiger partial charge on any atom is 0.295 e. The number of piperazine rings is 1. The molecule has 40 heavy (non-hydrogen) atoms. The van der Waals surface area contributed by atoms with Crippen LogP contribution in [0.3, 0.4) is 0 Å². The van der Waals surface area contributed by atoms with Gasteiger partial charge in [-0.3, -0.25) is 14.4 Å². The van der Waals surface area contributed by atoms with E-state index in [1.54, 1.807) is 14.2 Å². The number of amides is 2. The van der Waals surface area contributed by atoms with Gasteiger partial charge < -0.3 is 33.5 Å². The lowest BCUT2D eigenvalue weighted by atomic mass is 9.89. The Kier molecular flexibility index (Phi) is 9.39. The maximum atomic E-state index is 13.5. The van der Waals surface area contributed by atoms with E-state index < -0.39 is 17.7 Å². The van der Waals surface area contributed by atoms with Crippen LogP contribution in [-0.2, 0) is 16.0 Å². The summed E-state index contributed by atoms with van der Waals surface area (Å²) < 4.78 is 26.7. The first-order valence-electron chi connectivity index (χ1n) is 13.5. The minimum Gasteiger partial charge on any atom is -0.493 e. The third-order valence-corrected chi connectivity index (χ3v) is 7.72. The number of methoxy groups -OCH3 is 5. The Bertz CT molecular complexity index is 1220. The van der Waals surface area contributed by atoms with E-state index in [1.165, 1.54) is 38.4 Å². The van der Waals surface area contributed by atoms with Gasteiger partial charge in [0.05, 0.1) is 41.6 Å². The molecule has 10 heteroatoms. The fraction of sp³-hybridized carbons (Fsp3) is 0.500. The molecule has 2 bridgehead atoms. The van der Waals surface area contributed by atoms with Crippen LogP contribution in [0.25, 0.3) is 0 Å². The molecule has 0 N–H and O–H groups in total.